The van der Waals surface area contributed by atoms with Crippen LogP contribution in [0.1, 0.15) is 36.9 Å². The number of halogens is 1. The van der Waals surface area contributed by atoms with Crippen LogP contribution >= 0.6 is 22.6 Å². The Bertz CT molecular complexity index is 618. The van der Waals surface area contributed by atoms with Crippen molar-refractivity contribution in [2.45, 2.75) is 32.6 Å². The Balaban J connectivity index is 1.95. The van der Waals surface area contributed by atoms with Gasteiger partial charge in [0.15, 0.2) is 5.82 Å². The Hall–Kier alpha value is -1.17. The van der Waals surface area contributed by atoms with Crippen LogP contribution in [0, 0.1) is 10.5 Å². The standard InChI is InChI=1S/C16H18IN3/c1-3-18-16-14(17)10(2)19-15(20-16)13-8-6-12(7-9-13)11-4-5-11/h6-9,11H,3-5H2,1-2H3,(H,18,19,20). The molecule has 2 aromatic rings. The Kier molecular flexibility index (Phi) is 3.92. The Morgan fingerprint density at radius 1 is 1.20 bits per heavy atom. The third-order valence-electron chi connectivity index (χ3n) is 3.58. The largest absolute Gasteiger partial charge is 0.369 e. The highest BCUT2D eigenvalue weighted by Gasteiger charge is 2.23. The second-order valence-corrected chi connectivity index (χ2v) is 6.30. The summed E-state index contributed by atoms with van der Waals surface area (Å²) in [4.78, 5) is 9.27. The summed E-state index contributed by atoms with van der Waals surface area (Å²) in [5, 5.41) is 3.31. The SMILES string of the molecule is CCNc1nc(-c2ccc(C3CC3)cc2)nc(C)c1I. The van der Waals surface area contributed by atoms with Crippen molar-refractivity contribution in [2.75, 3.05) is 11.9 Å². The van der Waals surface area contributed by atoms with Crippen molar-refractivity contribution < 1.29 is 0 Å². The minimum absolute atomic E-state index is 0.792. The second-order valence-electron chi connectivity index (χ2n) is 5.22. The van der Waals surface area contributed by atoms with Crippen LogP contribution in [0.5, 0.6) is 0 Å². The molecule has 1 aromatic carbocycles. The van der Waals surface area contributed by atoms with Gasteiger partial charge >= 0.3 is 0 Å². The van der Waals surface area contributed by atoms with Gasteiger partial charge in [-0.1, -0.05) is 24.3 Å². The lowest BCUT2D eigenvalue weighted by Gasteiger charge is -2.10. The van der Waals surface area contributed by atoms with Crippen LogP contribution in [-0.2, 0) is 0 Å². The van der Waals surface area contributed by atoms with E-state index < -0.39 is 0 Å². The minimum atomic E-state index is 0.792. The van der Waals surface area contributed by atoms with Crippen LogP contribution in [0.3, 0.4) is 0 Å². The predicted octanol–water partition coefficient (Wildman–Crippen LogP) is 4.37. The number of aryl methyl sites for hydroxylation is 1. The Morgan fingerprint density at radius 2 is 1.90 bits per heavy atom. The lowest BCUT2D eigenvalue weighted by molar-refractivity contribution is 1.06. The van der Waals surface area contributed by atoms with E-state index in [0.29, 0.717) is 0 Å². The van der Waals surface area contributed by atoms with Crippen LogP contribution in [0.25, 0.3) is 11.4 Å². The monoisotopic (exact) mass is 379 g/mol. The predicted molar refractivity (Wildman–Crippen MR) is 91.1 cm³/mol. The molecule has 1 aromatic heterocycles. The van der Waals surface area contributed by atoms with Crippen LogP contribution < -0.4 is 5.32 Å². The summed E-state index contributed by atoms with van der Waals surface area (Å²) < 4.78 is 1.10. The van der Waals surface area contributed by atoms with Crippen molar-refractivity contribution >= 4 is 28.4 Å². The van der Waals surface area contributed by atoms with Gasteiger partial charge in [0.2, 0.25) is 0 Å². The Morgan fingerprint density at radius 3 is 2.50 bits per heavy atom. The molecule has 0 aliphatic heterocycles. The number of nitrogens with zero attached hydrogens (tertiary/aromatic N) is 2. The van der Waals surface area contributed by atoms with E-state index in [0.717, 1.165) is 38.9 Å². The minimum Gasteiger partial charge on any atom is -0.369 e. The highest BCUT2D eigenvalue weighted by Crippen LogP contribution is 2.40. The lowest BCUT2D eigenvalue weighted by Crippen LogP contribution is -2.06. The van der Waals surface area contributed by atoms with Crippen LogP contribution in [0.2, 0.25) is 0 Å². The van der Waals surface area contributed by atoms with E-state index in [9.17, 15) is 0 Å². The average Bonchev–Trinajstić information content (AvgIpc) is 3.29. The molecular formula is C16H18IN3. The van der Waals surface area contributed by atoms with Gasteiger partial charge < -0.3 is 5.32 Å². The molecule has 1 aliphatic carbocycles. The first-order valence-electron chi connectivity index (χ1n) is 7.07. The molecule has 1 aliphatic rings. The Labute approximate surface area is 133 Å². The third-order valence-corrected chi connectivity index (χ3v) is 4.87. The number of benzene rings is 1. The molecule has 4 heteroatoms. The van der Waals surface area contributed by atoms with Gasteiger partial charge in [0.25, 0.3) is 0 Å². The van der Waals surface area contributed by atoms with Gasteiger partial charge in [0, 0.05) is 12.1 Å². The van der Waals surface area contributed by atoms with E-state index in [2.05, 4.69) is 69.1 Å². The van der Waals surface area contributed by atoms with Gasteiger partial charge in [0.1, 0.15) is 5.82 Å². The number of anilines is 1. The zero-order chi connectivity index (χ0) is 14.1. The second kappa shape index (κ2) is 5.68. The molecule has 0 saturated heterocycles. The first-order chi connectivity index (χ1) is 9.69. The topological polar surface area (TPSA) is 37.8 Å². The van der Waals surface area contributed by atoms with Crippen molar-refractivity contribution in [1.82, 2.24) is 9.97 Å². The van der Waals surface area contributed by atoms with E-state index in [1.807, 2.05) is 6.92 Å². The maximum absolute atomic E-state index is 4.65. The van der Waals surface area contributed by atoms with E-state index in [1.165, 1.54) is 18.4 Å². The van der Waals surface area contributed by atoms with E-state index in [-0.39, 0.29) is 0 Å². The zero-order valence-electron chi connectivity index (χ0n) is 11.8. The van der Waals surface area contributed by atoms with Gasteiger partial charge in [-0.15, -0.1) is 0 Å². The van der Waals surface area contributed by atoms with Gasteiger partial charge in [-0.05, 0) is 60.8 Å². The van der Waals surface area contributed by atoms with Crippen molar-refractivity contribution in [3.63, 3.8) is 0 Å². The number of hydrogen-bond donors (Lipinski definition) is 1. The summed E-state index contributed by atoms with van der Waals surface area (Å²) in [6, 6.07) is 8.73. The molecule has 20 heavy (non-hydrogen) atoms. The van der Waals surface area contributed by atoms with Crippen LogP contribution in [0.15, 0.2) is 24.3 Å². The molecule has 0 atom stereocenters. The molecule has 0 unspecified atom stereocenters. The summed E-state index contributed by atoms with van der Waals surface area (Å²) in [6.07, 6.45) is 2.67. The molecule has 1 heterocycles. The molecule has 0 spiro atoms. The molecule has 3 nitrogen and oxygen atoms in total. The van der Waals surface area contributed by atoms with E-state index in [4.69, 9.17) is 0 Å². The highest BCUT2D eigenvalue weighted by atomic mass is 127. The maximum Gasteiger partial charge on any atom is 0.161 e. The molecule has 0 bridgehead atoms. The molecule has 1 saturated carbocycles. The van der Waals surface area contributed by atoms with Crippen molar-refractivity contribution in [2.24, 2.45) is 0 Å². The molecule has 1 fully saturated rings. The van der Waals surface area contributed by atoms with Gasteiger partial charge in [-0.3, -0.25) is 0 Å². The highest BCUT2D eigenvalue weighted by molar-refractivity contribution is 14.1. The molecule has 104 valence electrons. The normalized spacial score (nSPS) is 14.3. The third kappa shape index (κ3) is 2.80. The molecule has 3 rings (SSSR count). The van der Waals surface area contributed by atoms with Crippen molar-refractivity contribution in [3.05, 3.63) is 39.1 Å². The number of aromatic nitrogens is 2. The lowest BCUT2D eigenvalue weighted by atomic mass is 10.1. The average molecular weight is 379 g/mol. The quantitative estimate of drug-likeness (QED) is 0.802. The van der Waals surface area contributed by atoms with Crippen LogP contribution in [0.4, 0.5) is 5.82 Å². The van der Waals surface area contributed by atoms with Crippen LogP contribution in [-0.4, -0.2) is 16.5 Å². The van der Waals surface area contributed by atoms with E-state index in [1.54, 1.807) is 0 Å². The summed E-state index contributed by atoms with van der Waals surface area (Å²) in [6.45, 7) is 4.98. The summed E-state index contributed by atoms with van der Waals surface area (Å²) in [7, 11) is 0. The fourth-order valence-electron chi connectivity index (χ4n) is 2.29. The number of hydrogen-bond acceptors (Lipinski definition) is 3. The smallest absolute Gasteiger partial charge is 0.161 e. The van der Waals surface area contributed by atoms with Gasteiger partial charge in [-0.25, -0.2) is 9.97 Å². The van der Waals surface area contributed by atoms with Gasteiger partial charge in [-0.2, -0.15) is 0 Å². The van der Waals surface area contributed by atoms with Crippen molar-refractivity contribution in [3.8, 4) is 11.4 Å². The molecular weight excluding hydrogens is 361 g/mol. The fraction of sp³-hybridized carbons (Fsp3) is 0.375. The molecule has 0 radical (unpaired) electrons. The van der Waals surface area contributed by atoms with Crippen molar-refractivity contribution in [1.29, 1.82) is 0 Å². The summed E-state index contributed by atoms with van der Waals surface area (Å²) >= 11 is 2.30. The first kappa shape index (κ1) is 13.8. The summed E-state index contributed by atoms with van der Waals surface area (Å²) in [5.41, 5.74) is 3.56. The maximum atomic E-state index is 4.65. The fourth-order valence-corrected chi connectivity index (χ4v) is 2.73. The first-order valence-corrected chi connectivity index (χ1v) is 8.15. The molecule has 1 N–H and O–H groups in total. The number of nitrogens with one attached hydrogen (secondary N) is 1. The zero-order valence-corrected chi connectivity index (χ0v) is 13.9. The number of rotatable bonds is 4. The van der Waals surface area contributed by atoms with E-state index >= 15 is 0 Å². The summed E-state index contributed by atoms with van der Waals surface area (Å²) in [5.74, 6) is 2.53. The van der Waals surface area contributed by atoms with Gasteiger partial charge in [0.05, 0.1) is 9.26 Å². The molecule has 0 amide bonds.